The molecule has 2 aromatic heterocycles. The minimum absolute atomic E-state index is 0.656. The number of H-pyrrole nitrogens is 1. The second kappa shape index (κ2) is 6.20. The molecule has 4 nitrogen and oxygen atoms in total. The van der Waals surface area contributed by atoms with E-state index in [0.29, 0.717) is 4.77 Å². The molecule has 2 N–H and O–H groups in total. The van der Waals surface area contributed by atoms with Gasteiger partial charge in [0.1, 0.15) is 0 Å². The lowest BCUT2D eigenvalue weighted by Gasteiger charge is -2.28. The Morgan fingerprint density at radius 2 is 2.25 bits per heavy atom. The van der Waals surface area contributed by atoms with Crippen LogP contribution in [0.15, 0.2) is 17.5 Å². The number of hydrogen-bond donors (Lipinski definition) is 2. The number of nitrogens with one attached hydrogen (secondary N) is 2. The molecule has 1 saturated carbocycles. The van der Waals surface area contributed by atoms with E-state index in [2.05, 4.69) is 28.6 Å². The smallest absolute Gasteiger partial charge is 0.221 e. The van der Waals surface area contributed by atoms with Crippen molar-refractivity contribution >= 4 is 23.6 Å². The summed E-state index contributed by atoms with van der Waals surface area (Å²) >= 11 is 7.06. The van der Waals surface area contributed by atoms with E-state index in [1.807, 2.05) is 10.7 Å². The van der Waals surface area contributed by atoms with E-state index < -0.39 is 0 Å². The number of aromatic amines is 1. The highest BCUT2D eigenvalue weighted by Crippen LogP contribution is 2.20. The van der Waals surface area contributed by atoms with E-state index >= 15 is 0 Å². The maximum Gasteiger partial charge on any atom is 0.221 e. The van der Waals surface area contributed by atoms with Crippen molar-refractivity contribution < 1.29 is 4.90 Å². The quantitative estimate of drug-likeness (QED) is 0.852. The van der Waals surface area contributed by atoms with E-state index in [1.165, 1.54) is 37.0 Å². The number of aromatic nitrogens is 3. The molecular weight excluding hydrogens is 288 g/mol. The van der Waals surface area contributed by atoms with Crippen molar-refractivity contribution in [2.24, 2.45) is 0 Å². The molecule has 1 aliphatic carbocycles. The Morgan fingerprint density at radius 1 is 1.45 bits per heavy atom. The topological polar surface area (TPSA) is 38.0 Å². The molecule has 1 aliphatic rings. The molecule has 1 fully saturated rings. The Morgan fingerprint density at radius 3 is 2.95 bits per heavy atom. The van der Waals surface area contributed by atoms with Crippen LogP contribution in [0.2, 0.25) is 0 Å². The molecule has 0 aliphatic heterocycles. The highest BCUT2D eigenvalue weighted by Gasteiger charge is 2.22. The number of thiophene rings is 1. The van der Waals surface area contributed by atoms with Crippen molar-refractivity contribution in [1.82, 2.24) is 14.8 Å². The second-order valence-corrected chi connectivity index (χ2v) is 6.91. The number of rotatable bonds is 4. The van der Waals surface area contributed by atoms with Crippen LogP contribution in [0.3, 0.4) is 0 Å². The minimum atomic E-state index is 0.656. The van der Waals surface area contributed by atoms with Crippen molar-refractivity contribution in [3.8, 4) is 10.7 Å². The van der Waals surface area contributed by atoms with Crippen LogP contribution >= 0.6 is 23.6 Å². The van der Waals surface area contributed by atoms with Gasteiger partial charge < -0.3 is 4.90 Å². The maximum atomic E-state index is 5.38. The monoisotopic (exact) mass is 309 g/mol. The molecule has 3 rings (SSSR count). The van der Waals surface area contributed by atoms with Gasteiger partial charge in [-0.1, -0.05) is 12.5 Å². The molecule has 0 radical (unpaired) electrons. The van der Waals surface area contributed by atoms with Crippen LogP contribution in [0.4, 0.5) is 0 Å². The Kier molecular flexibility index (Phi) is 4.33. The van der Waals surface area contributed by atoms with Gasteiger partial charge in [-0.3, -0.25) is 5.10 Å². The predicted molar refractivity (Wildman–Crippen MR) is 84.5 cm³/mol. The Bertz CT molecular complexity index is 593. The van der Waals surface area contributed by atoms with Crippen LogP contribution in [0.1, 0.15) is 32.1 Å². The Hall–Kier alpha value is -0.980. The van der Waals surface area contributed by atoms with E-state index in [4.69, 9.17) is 12.2 Å². The van der Waals surface area contributed by atoms with Gasteiger partial charge in [-0.2, -0.15) is 4.98 Å². The van der Waals surface area contributed by atoms with Crippen molar-refractivity contribution in [3.63, 3.8) is 0 Å². The third kappa shape index (κ3) is 3.02. The molecule has 0 spiro atoms. The third-order valence-electron chi connectivity index (χ3n) is 4.14. The van der Waals surface area contributed by atoms with Gasteiger partial charge in [-0.15, -0.1) is 11.3 Å². The molecule has 20 heavy (non-hydrogen) atoms. The normalized spacial score (nSPS) is 18.2. The van der Waals surface area contributed by atoms with Gasteiger partial charge in [0, 0.05) is 0 Å². The average Bonchev–Trinajstić information content (AvgIpc) is 3.10. The molecule has 0 aromatic carbocycles. The van der Waals surface area contributed by atoms with E-state index in [9.17, 15) is 0 Å². The summed E-state index contributed by atoms with van der Waals surface area (Å²) < 4.78 is 2.66. The first-order chi connectivity index (χ1) is 9.74. The minimum Gasteiger partial charge on any atom is -0.316 e. The number of nitrogens with zero attached hydrogens (tertiary/aromatic N) is 2. The number of quaternary nitrogens is 1. The summed E-state index contributed by atoms with van der Waals surface area (Å²) in [5.74, 6) is 0.890. The molecule has 1 unspecified atom stereocenters. The molecule has 108 valence electrons. The van der Waals surface area contributed by atoms with Crippen molar-refractivity contribution in [2.75, 3.05) is 7.05 Å². The van der Waals surface area contributed by atoms with Crippen molar-refractivity contribution in [2.45, 2.75) is 44.8 Å². The molecule has 2 heterocycles. The van der Waals surface area contributed by atoms with Gasteiger partial charge in [-0.25, -0.2) is 4.68 Å². The largest absolute Gasteiger partial charge is 0.316 e. The molecule has 0 saturated heterocycles. The molecule has 6 heteroatoms. The summed E-state index contributed by atoms with van der Waals surface area (Å²) in [6, 6.07) is 4.87. The standard InChI is InChI=1S/C14H20N4S2/c1-17(11-6-3-2-4-7-11)10-18-14(19)15-13(16-18)12-8-5-9-20-12/h5,8-9,11H,2-4,6-7,10H2,1H3,(H,15,16,19)/p+1. The fraction of sp³-hybridized carbons (Fsp3) is 0.571. The van der Waals surface area contributed by atoms with E-state index in [0.717, 1.165) is 23.4 Å². The zero-order chi connectivity index (χ0) is 13.9. The van der Waals surface area contributed by atoms with Crippen molar-refractivity contribution in [3.05, 3.63) is 22.3 Å². The fourth-order valence-corrected chi connectivity index (χ4v) is 3.83. The van der Waals surface area contributed by atoms with Crippen LogP contribution in [0.5, 0.6) is 0 Å². The SMILES string of the molecule is C[NH+](Cn1[nH]c(-c2cccs2)nc1=S)C1CCCCC1. The Labute approximate surface area is 128 Å². The number of hydrogen-bond acceptors (Lipinski definition) is 3. The summed E-state index contributed by atoms with van der Waals surface area (Å²) in [4.78, 5) is 7.14. The van der Waals surface area contributed by atoms with Crippen LogP contribution in [0, 0.1) is 4.77 Å². The van der Waals surface area contributed by atoms with Gasteiger partial charge in [-0.05, 0) is 49.3 Å². The third-order valence-corrected chi connectivity index (χ3v) is 5.33. The summed E-state index contributed by atoms with van der Waals surface area (Å²) in [6.45, 7) is 0.877. The van der Waals surface area contributed by atoms with E-state index in [-0.39, 0.29) is 0 Å². The van der Waals surface area contributed by atoms with Gasteiger partial charge in [0.05, 0.1) is 18.0 Å². The first kappa shape index (κ1) is 14.0. The first-order valence-corrected chi connectivity index (χ1v) is 8.56. The summed E-state index contributed by atoms with van der Waals surface area (Å²) in [6.07, 6.45) is 6.82. The zero-order valence-corrected chi connectivity index (χ0v) is 13.4. The highest BCUT2D eigenvalue weighted by atomic mass is 32.1. The van der Waals surface area contributed by atoms with E-state index in [1.54, 1.807) is 11.3 Å². The maximum absolute atomic E-state index is 5.38. The van der Waals surface area contributed by atoms with Crippen molar-refractivity contribution in [1.29, 1.82) is 0 Å². The van der Waals surface area contributed by atoms with Crippen LogP contribution in [0.25, 0.3) is 10.7 Å². The van der Waals surface area contributed by atoms with Crippen LogP contribution < -0.4 is 4.90 Å². The molecule has 1 atom stereocenters. The van der Waals surface area contributed by atoms with Gasteiger partial charge >= 0.3 is 0 Å². The first-order valence-electron chi connectivity index (χ1n) is 7.27. The summed E-state index contributed by atoms with van der Waals surface area (Å²) in [5, 5.41) is 5.40. The molecular formula is C14H21N4S2+. The summed E-state index contributed by atoms with van der Waals surface area (Å²) in [7, 11) is 2.27. The zero-order valence-electron chi connectivity index (χ0n) is 11.8. The molecule has 2 aromatic rings. The molecule has 0 amide bonds. The van der Waals surface area contributed by atoms with Crippen LogP contribution in [-0.4, -0.2) is 27.9 Å². The summed E-state index contributed by atoms with van der Waals surface area (Å²) in [5.41, 5.74) is 0. The molecule has 0 bridgehead atoms. The van der Waals surface area contributed by atoms with Gasteiger partial charge in [0.25, 0.3) is 0 Å². The second-order valence-electron chi connectivity index (χ2n) is 5.60. The average molecular weight is 309 g/mol. The lowest BCUT2D eigenvalue weighted by atomic mass is 9.95. The van der Waals surface area contributed by atoms with Gasteiger partial charge in [0.15, 0.2) is 12.5 Å². The van der Waals surface area contributed by atoms with Gasteiger partial charge in [0.2, 0.25) is 4.77 Å². The van der Waals surface area contributed by atoms with Crippen LogP contribution in [-0.2, 0) is 6.67 Å². The lowest BCUT2D eigenvalue weighted by Crippen LogP contribution is -3.12. The lowest BCUT2D eigenvalue weighted by molar-refractivity contribution is -0.930. The highest BCUT2D eigenvalue weighted by molar-refractivity contribution is 7.71. The predicted octanol–water partition coefficient (Wildman–Crippen LogP) is 2.47. The Balaban J connectivity index is 1.72. The fourth-order valence-electron chi connectivity index (χ4n) is 2.96.